The molecule has 1 N–H and O–H groups in total. The minimum absolute atomic E-state index is 0.0139. The molecule has 208 valence electrons. The number of ether oxygens (including phenoxy) is 6. The van der Waals surface area contributed by atoms with Crippen molar-refractivity contribution in [2.75, 3.05) is 47.7 Å². The zero-order chi connectivity index (χ0) is 28.4. The number of hydrogen-bond acceptors (Lipinski definition) is 9. The molecule has 0 aromatic heterocycles. The highest BCUT2D eigenvalue weighted by Gasteiger charge is 2.35. The van der Waals surface area contributed by atoms with Crippen LogP contribution in [0.25, 0.3) is 10.8 Å². The number of aromatic hydroxyl groups is 1. The Morgan fingerprint density at radius 2 is 1.35 bits per heavy atom. The molecule has 0 spiro atoms. The van der Waals surface area contributed by atoms with Crippen LogP contribution in [0.3, 0.4) is 0 Å². The largest absolute Gasteiger partial charge is 0.507 e. The Hall–Kier alpha value is -4.79. The average Bonchev–Trinajstić information content (AvgIpc) is 3.43. The Balaban J connectivity index is 1.74. The van der Waals surface area contributed by atoms with Crippen LogP contribution in [-0.4, -0.2) is 53.5 Å². The number of nitrogens with zero attached hydrogens (tertiary/aromatic N) is 2. The van der Waals surface area contributed by atoms with Crippen molar-refractivity contribution in [2.45, 2.75) is 12.5 Å². The van der Waals surface area contributed by atoms with Crippen LogP contribution < -0.4 is 33.4 Å². The van der Waals surface area contributed by atoms with Crippen molar-refractivity contribution in [2.24, 2.45) is 5.10 Å². The number of rotatable bonds is 9. The topological polar surface area (TPSA) is 91.2 Å². The van der Waals surface area contributed by atoms with Crippen molar-refractivity contribution in [3.8, 4) is 40.2 Å². The standard InChI is InChI=1S/C31H32N2O7/c1-35-19-15-25(34)30(27(16-19)37-3)23-17-24(21-11-12-26(36-2)22-10-8-7-9-20(21)22)33(32-23)18-13-28(38-4)31(40-6)29(14-18)39-5/h7-16,24,34H,17H2,1-6H3. The lowest BCUT2D eigenvalue weighted by Gasteiger charge is -2.27. The predicted molar refractivity (Wildman–Crippen MR) is 154 cm³/mol. The minimum Gasteiger partial charge on any atom is -0.507 e. The molecule has 9 nitrogen and oxygen atoms in total. The molecule has 1 aliphatic heterocycles. The Morgan fingerprint density at radius 3 is 1.95 bits per heavy atom. The molecule has 0 aliphatic carbocycles. The summed E-state index contributed by atoms with van der Waals surface area (Å²) in [6.07, 6.45) is 0.475. The highest BCUT2D eigenvalue weighted by Crippen LogP contribution is 2.48. The first-order valence-corrected chi connectivity index (χ1v) is 12.7. The quantitative estimate of drug-likeness (QED) is 0.276. The second kappa shape index (κ2) is 11.1. The first-order valence-electron chi connectivity index (χ1n) is 12.7. The zero-order valence-electron chi connectivity index (χ0n) is 23.3. The number of methoxy groups -OCH3 is 6. The van der Waals surface area contributed by atoms with Crippen LogP contribution in [0.15, 0.2) is 65.8 Å². The molecule has 0 saturated carbocycles. The van der Waals surface area contributed by atoms with Crippen molar-refractivity contribution in [1.29, 1.82) is 0 Å². The van der Waals surface area contributed by atoms with Crippen molar-refractivity contribution in [1.82, 2.24) is 0 Å². The number of hydrogen-bond donors (Lipinski definition) is 1. The van der Waals surface area contributed by atoms with Crippen LogP contribution in [0.2, 0.25) is 0 Å². The molecule has 5 rings (SSSR count). The molecule has 1 unspecified atom stereocenters. The summed E-state index contributed by atoms with van der Waals surface area (Å²) < 4.78 is 33.5. The average molecular weight is 545 g/mol. The molecule has 0 fully saturated rings. The van der Waals surface area contributed by atoms with Gasteiger partial charge in [-0.15, -0.1) is 0 Å². The first kappa shape index (κ1) is 26.8. The van der Waals surface area contributed by atoms with Crippen LogP contribution >= 0.6 is 0 Å². The van der Waals surface area contributed by atoms with Gasteiger partial charge in [-0.1, -0.05) is 30.3 Å². The fourth-order valence-electron chi connectivity index (χ4n) is 5.25. The molecule has 4 aromatic carbocycles. The predicted octanol–water partition coefficient (Wildman–Crippen LogP) is 5.95. The van der Waals surface area contributed by atoms with Crippen molar-refractivity contribution >= 4 is 22.2 Å². The summed E-state index contributed by atoms with van der Waals surface area (Å²) in [5.41, 5.74) is 2.91. The van der Waals surface area contributed by atoms with Gasteiger partial charge >= 0.3 is 0 Å². The number of phenolic OH excluding ortho intramolecular Hbond substituents is 1. The third-order valence-electron chi connectivity index (χ3n) is 7.12. The molecule has 4 aromatic rings. The highest BCUT2D eigenvalue weighted by atomic mass is 16.5. The summed E-state index contributed by atoms with van der Waals surface area (Å²) in [5.74, 6) is 3.23. The fourth-order valence-corrected chi connectivity index (χ4v) is 5.25. The summed E-state index contributed by atoms with van der Waals surface area (Å²) in [6.45, 7) is 0. The van der Waals surface area contributed by atoms with Gasteiger partial charge in [-0.05, 0) is 17.0 Å². The second-order valence-electron chi connectivity index (χ2n) is 9.12. The van der Waals surface area contributed by atoms with E-state index in [-0.39, 0.29) is 11.8 Å². The van der Waals surface area contributed by atoms with Crippen LogP contribution in [-0.2, 0) is 0 Å². The third-order valence-corrected chi connectivity index (χ3v) is 7.12. The number of benzene rings is 4. The van der Waals surface area contributed by atoms with E-state index in [9.17, 15) is 5.11 Å². The number of fused-ring (bicyclic) bond motifs is 1. The van der Waals surface area contributed by atoms with Crippen LogP contribution in [0.4, 0.5) is 5.69 Å². The van der Waals surface area contributed by atoms with Gasteiger partial charge in [0.25, 0.3) is 0 Å². The van der Waals surface area contributed by atoms with Crippen LogP contribution in [0, 0.1) is 0 Å². The smallest absolute Gasteiger partial charge is 0.203 e. The van der Waals surface area contributed by atoms with Gasteiger partial charge in [-0.25, -0.2) is 0 Å². The van der Waals surface area contributed by atoms with Crippen LogP contribution in [0.1, 0.15) is 23.6 Å². The maximum atomic E-state index is 11.0. The molecule has 1 aliphatic rings. The van der Waals surface area contributed by atoms with E-state index in [1.807, 2.05) is 41.4 Å². The fraction of sp³-hybridized carbons (Fsp3) is 0.258. The van der Waals surface area contributed by atoms with Gasteiger partial charge in [0, 0.05) is 36.1 Å². The van der Waals surface area contributed by atoms with E-state index in [0.29, 0.717) is 46.4 Å². The maximum Gasteiger partial charge on any atom is 0.203 e. The maximum absolute atomic E-state index is 11.0. The molecule has 0 amide bonds. The molecule has 0 radical (unpaired) electrons. The van der Waals surface area contributed by atoms with E-state index >= 15 is 0 Å². The summed E-state index contributed by atoms with van der Waals surface area (Å²) in [4.78, 5) is 0. The summed E-state index contributed by atoms with van der Waals surface area (Å²) in [5, 5.41) is 20.0. The first-order chi connectivity index (χ1) is 19.5. The Morgan fingerprint density at radius 1 is 0.700 bits per heavy atom. The zero-order valence-corrected chi connectivity index (χ0v) is 23.3. The molecule has 9 heteroatoms. The normalized spacial score (nSPS) is 14.6. The number of anilines is 1. The lowest BCUT2D eigenvalue weighted by atomic mass is 9.93. The van der Waals surface area contributed by atoms with E-state index in [0.717, 1.165) is 27.8 Å². The minimum atomic E-state index is -0.250. The van der Waals surface area contributed by atoms with Gasteiger partial charge in [-0.2, -0.15) is 5.10 Å². The Bertz CT molecular complexity index is 1560. The SMILES string of the molecule is COc1cc(O)c(C2=NN(c3cc(OC)c(OC)c(OC)c3)C(c3ccc(OC)c4ccccc34)C2)c(OC)c1. The van der Waals surface area contributed by atoms with Gasteiger partial charge in [0.1, 0.15) is 23.0 Å². The third kappa shape index (κ3) is 4.53. The van der Waals surface area contributed by atoms with E-state index in [1.54, 1.807) is 47.7 Å². The molecule has 1 heterocycles. The lowest BCUT2D eigenvalue weighted by Crippen LogP contribution is -2.19. The van der Waals surface area contributed by atoms with Crippen molar-refractivity contribution in [3.63, 3.8) is 0 Å². The Labute approximate surface area is 233 Å². The van der Waals surface area contributed by atoms with Gasteiger partial charge in [0.15, 0.2) is 11.5 Å². The van der Waals surface area contributed by atoms with Gasteiger partial charge in [0.2, 0.25) is 5.75 Å². The van der Waals surface area contributed by atoms with E-state index in [1.165, 1.54) is 7.11 Å². The van der Waals surface area contributed by atoms with Crippen LogP contribution in [0.5, 0.6) is 40.2 Å². The molecule has 40 heavy (non-hydrogen) atoms. The van der Waals surface area contributed by atoms with Crippen molar-refractivity contribution < 1.29 is 33.5 Å². The van der Waals surface area contributed by atoms with Gasteiger partial charge < -0.3 is 33.5 Å². The van der Waals surface area contributed by atoms with Gasteiger partial charge in [0.05, 0.1) is 65.7 Å². The van der Waals surface area contributed by atoms with Gasteiger partial charge in [-0.3, -0.25) is 5.01 Å². The Kier molecular flexibility index (Phi) is 7.46. The highest BCUT2D eigenvalue weighted by molar-refractivity contribution is 6.08. The number of phenols is 1. The summed E-state index contributed by atoms with van der Waals surface area (Å²) >= 11 is 0. The van der Waals surface area contributed by atoms with E-state index < -0.39 is 0 Å². The second-order valence-corrected chi connectivity index (χ2v) is 9.12. The monoisotopic (exact) mass is 544 g/mol. The lowest BCUT2D eigenvalue weighted by molar-refractivity contribution is 0.324. The number of hydrazone groups is 1. The molecule has 1 atom stereocenters. The van der Waals surface area contributed by atoms with Crippen molar-refractivity contribution in [3.05, 3.63) is 71.8 Å². The summed E-state index contributed by atoms with van der Waals surface area (Å²) in [7, 11) is 9.48. The van der Waals surface area contributed by atoms with E-state index in [2.05, 4.69) is 12.1 Å². The molecular formula is C31H32N2O7. The molecular weight excluding hydrogens is 512 g/mol. The summed E-state index contributed by atoms with van der Waals surface area (Å²) in [6, 6.07) is 18.9. The molecule has 0 saturated heterocycles. The molecule has 0 bridgehead atoms. The van der Waals surface area contributed by atoms with E-state index in [4.69, 9.17) is 33.5 Å².